The van der Waals surface area contributed by atoms with E-state index >= 15 is 0 Å². The van der Waals surface area contributed by atoms with Crippen LogP contribution in [0.4, 0.5) is 17.6 Å². The number of Topliss-reactive ketones (excluding diaryl/α,β-unsaturated/α-hetero) is 1. The van der Waals surface area contributed by atoms with E-state index in [4.69, 9.17) is 0 Å². The molecule has 0 unspecified atom stereocenters. The van der Waals surface area contributed by atoms with Crippen molar-refractivity contribution in [2.24, 2.45) is 0 Å². The highest BCUT2D eigenvalue weighted by atomic mass is 28.3. The van der Waals surface area contributed by atoms with Crippen molar-refractivity contribution in [2.45, 2.75) is 32.0 Å². The zero-order chi connectivity index (χ0) is 14.1. The molecule has 1 aromatic rings. The maximum absolute atomic E-state index is 12.9. The molecule has 0 aliphatic heterocycles. The van der Waals surface area contributed by atoms with Gasteiger partial charge in [0.15, 0.2) is 0 Å². The van der Waals surface area contributed by atoms with Crippen LogP contribution in [0.2, 0.25) is 19.6 Å². The molecular formula is C12H14F4OSi. The number of ketones is 1. The van der Waals surface area contributed by atoms with E-state index in [0.717, 1.165) is 5.19 Å². The first-order valence-corrected chi connectivity index (χ1v) is 8.88. The number of halogens is 4. The van der Waals surface area contributed by atoms with E-state index in [2.05, 4.69) is 19.6 Å². The van der Waals surface area contributed by atoms with E-state index in [1.165, 1.54) is 12.1 Å². The van der Waals surface area contributed by atoms with Crippen LogP contribution in [0.5, 0.6) is 0 Å². The fraction of sp³-hybridized carbons (Fsp3) is 0.417. The van der Waals surface area contributed by atoms with Gasteiger partial charge in [-0.25, -0.2) is 8.78 Å². The Kier molecular flexibility index (Phi) is 4.00. The Balaban J connectivity index is 3.03. The number of hydrogen-bond donors (Lipinski definition) is 0. The molecule has 0 bridgehead atoms. The first-order chi connectivity index (χ1) is 8.06. The number of rotatable bonds is 4. The minimum Gasteiger partial charge on any atom is -0.287 e. The maximum atomic E-state index is 12.9. The number of benzene rings is 1. The van der Waals surface area contributed by atoms with Gasteiger partial charge in [-0.05, 0) is 0 Å². The fourth-order valence-corrected chi connectivity index (χ4v) is 2.58. The summed E-state index contributed by atoms with van der Waals surface area (Å²) in [7, 11) is -1.61. The van der Waals surface area contributed by atoms with Crippen molar-refractivity contribution >= 4 is 19.0 Å². The highest BCUT2D eigenvalue weighted by Gasteiger charge is 2.48. The molecule has 0 atom stereocenters. The van der Waals surface area contributed by atoms with Crippen molar-refractivity contribution in [1.29, 1.82) is 0 Å². The van der Waals surface area contributed by atoms with Gasteiger partial charge in [-0.15, -0.1) is 0 Å². The van der Waals surface area contributed by atoms with Gasteiger partial charge in [-0.2, -0.15) is 8.78 Å². The number of carbonyl (C=O) groups excluding carboxylic acids is 1. The maximum Gasteiger partial charge on any atom is 0.368 e. The molecule has 0 aromatic heterocycles. The summed E-state index contributed by atoms with van der Waals surface area (Å²) in [5.41, 5.74) is -0.387. The Hall–Kier alpha value is -1.17. The third-order valence-electron chi connectivity index (χ3n) is 2.59. The molecule has 100 valence electrons. The number of alkyl halides is 4. The summed E-state index contributed by atoms with van der Waals surface area (Å²) in [4.78, 5) is 11.3. The van der Waals surface area contributed by atoms with Gasteiger partial charge in [0.05, 0.1) is 8.07 Å². The second kappa shape index (κ2) is 4.83. The molecular weight excluding hydrogens is 264 g/mol. The van der Waals surface area contributed by atoms with Crippen molar-refractivity contribution in [3.63, 3.8) is 0 Å². The summed E-state index contributed by atoms with van der Waals surface area (Å²) in [5.74, 6) is -6.46. The third kappa shape index (κ3) is 2.98. The summed E-state index contributed by atoms with van der Waals surface area (Å²) in [5, 5.41) is 0.972. The van der Waals surface area contributed by atoms with Crippen molar-refractivity contribution < 1.29 is 22.4 Å². The van der Waals surface area contributed by atoms with Gasteiger partial charge in [0, 0.05) is 5.56 Å². The van der Waals surface area contributed by atoms with Crippen LogP contribution in [0, 0.1) is 0 Å². The van der Waals surface area contributed by atoms with Gasteiger partial charge >= 0.3 is 12.3 Å². The van der Waals surface area contributed by atoms with Crippen LogP contribution in [0.1, 0.15) is 10.4 Å². The lowest BCUT2D eigenvalue weighted by Gasteiger charge is -2.18. The molecule has 0 radical (unpaired) electrons. The molecule has 0 heterocycles. The third-order valence-corrected chi connectivity index (χ3v) is 4.66. The van der Waals surface area contributed by atoms with E-state index in [0.29, 0.717) is 0 Å². The van der Waals surface area contributed by atoms with Gasteiger partial charge in [-0.3, -0.25) is 4.79 Å². The number of carbonyl (C=O) groups is 1. The van der Waals surface area contributed by atoms with Crippen molar-refractivity contribution in [3.8, 4) is 0 Å². The van der Waals surface area contributed by atoms with Crippen LogP contribution in [0.25, 0.3) is 0 Å². The molecule has 18 heavy (non-hydrogen) atoms. The SMILES string of the molecule is C[Si](C)(C)c1ccc(C(=O)C(F)(F)C(F)F)cc1. The van der Waals surface area contributed by atoms with Crippen molar-refractivity contribution in [1.82, 2.24) is 0 Å². The molecule has 6 heteroatoms. The first kappa shape index (κ1) is 14.9. The summed E-state index contributed by atoms with van der Waals surface area (Å²) >= 11 is 0. The molecule has 0 aliphatic rings. The Labute approximate surface area is 104 Å². The number of hydrogen-bond acceptors (Lipinski definition) is 1. The quantitative estimate of drug-likeness (QED) is 0.469. The molecule has 1 nitrogen and oxygen atoms in total. The first-order valence-electron chi connectivity index (χ1n) is 5.38. The Morgan fingerprint density at radius 3 is 1.89 bits per heavy atom. The second-order valence-corrected chi connectivity index (χ2v) is 10.2. The van der Waals surface area contributed by atoms with E-state index in [1.54, 1.807) is 12.1 Å². The predicted molar refractivity (Wildman–Crippen MR) is 64.7 cm³/mol. The normalized spacial score (nSPS) is 12.9. The smallest absolute Gasteiger partial charge is 0.287 e. The van der Waals surface area contributed by atoms with Gasteiger partial charge in [0.25, 0.3) is 0 Å². The highest BCUT2D eigenvalue weighted by molar-refractivity contribution is 6.88. The lowest BCUT2D eigenvalue weighted by molar-refractivity contribution is -0.0958. The van der Waals surface area contributed by atoms with Crippen LogP contribution >= 0.6 is 0 Å². The Morgan fingerprint density at radius 1 is 1.11 bits per heavy atom. The predicted octanol–water partition coefficient (Wildman–Crippen LogP) is 3.31. The van der Waals surface area contributed by atoms with Gasteiger partial charge in [0.2, 0.25) is 5.78 Å². The van der Waals surface area contributed by atoms with E-state index < -0.39 is 26.2 Å². The molecule has 0 N–H and O–H groups in total. The lowest BCUT2D eigenvalue weighted by atomic mass is 10.1. The summed E-state index contributed by atoms with van der Waals surface area (Å²) in [6.07, 6.45) is -3.98. The molecule has 0 spiro atoms. The minimum atomic E-state index is -4.62. The lowest BCUT2D eigenvalue weighted by Crippen LogP contribution is -2.39. The van der Waals surface area contributed by atoms with E-state index in [9.17, 15) is 22.4 Å². The molecule has 0 saturated heterocycles. The van der Waals surface area contributed by atoms with Crippen LogP contribution in [-0.2, 0) is 0 Å². The molecule has 0 saturated carbocycles. The molecule has 0 amide bonds. The monoisotopic (exact) mass is 278 g/mol. The highest BCUT2D eigenvalue weighted by Crippen LogP contribution is 2.27. The standard InChI is InChI=1S/C12H14F4OSi/c1-18(2,3)9-6-4-8(5-7-9)10(17)12(15,16)11(13)14/h4-7,11H,1-3H3. The fourth-order valence-electron chi connectivity index (χ4n) is 1.41. The Bertz CT molecular complexity index is 434. The Morgan fingerprint density at radius 2 is 1.56 bits per heavy atom. The zero-order valence-electron chi connectivity index (χ0n) is 10.3. The average Bonchev–Trinajstić information content (AvgIpc) is 2.26. The summed E-state index contributed by atoms with van der Waals surface area (Å²) in [6.45, 7) is 6.16. The summed E-state index contributed by atoms with van der Waals surface area (Å²) in [6, 6.07) is 5.49. The zero-order valence-corrected chi connectivity index (χ0v) is 11.3. The molecule has 0 aliphatic carbocycles. The largest absolute Gasteiger partial charge is 0.368 e. The van der Waals surface area contributed by atoms with Gasteiger partial charge in [0.1, 0.15) is 0 Å². The topological polar surface area (TPSA) is 17.1 Å². The van der Waals surface area contributed by atoms with Crippen LogP contribution in [0.3, 0.4) is 0 Å². The van der Waals surface area contributed by atoms with Gasteiger partial charge in [-0.1, -0.05) is 49.1 Å². The second-order valence-electron chi connectivity index (χ2n) is 5.08. The molecule has 0 fully saturated rings. The van der Waals surface area contributed by atoms with Crippen LogP contribution in [-0.4, -0.2) is 26.2 Å². The van der Waals surface area contributed by atoms with Crippen LogP contribution < -0.4 is 5.19 Å². The molecule has 1 rings (SSSR count). The van der Waals surface area contributed by atoms with Gasteiger partial charge < -0.3 is 0 Å². The minimum absolute atomic E-state index is 0.387. The summed E-state index contributed by atoms with van der Waals surface area (Å²) < 4.78 is 49.8. The van der Waals surface area contributed by atoms with Crippen molar-refractivity contribution in [2.75, 3.05) is 0 Å². The van der Waals surface area contributed by atoms with Crippen molar-refractivity contribution in [3.05, 3.63) is 29.8 Å². The average molecular weight is 278 g/mol. The molecule has 1 aromatic carbocycles. The van der Waals surface area contributed by atoms with E-state index in [-0.39, 0.29) is 5.56 Å². The van der Waals surface area contributed by atoms with E-state index in [1.807, 2.05) is 0 Å². The van der Waals surface area contributed by atoms with Crippen LogP contribution in [0.15, 0.2) is 24.3 Å².